The maximum absolute atomic E-state index is 4.63. The zero-order valence-electron chi connectivity index (χ0n) is 13.9. The highest BCUT2D eigenvalue weighted by atomic mass is 15.2. The number of hydrogen-bond donors (Lipinski definition) is 1. The second kappa shape index (κ2) is 6.54. The predicted octanol–water partition coefficient (Wildman–Crippen LogP) is 3.62. The minimum Gasteiger partial charge on any atom is -0.311 e. The molecule has 0 aliphatic heterocycles. The molecule has 0 spiro atoms. The Morgan fingerprint density at radius 2 is 1.81 bits per heavy atom. The summed E-state index contributed by atoms with van der Waals surface area (Å²) in [5, 5.41) is 4.76. The normalized spacial score (nSPS) is 13.8. The Labute approximate surface area is 128 Å². The van der Waals surface area contributed by atoms with Crippen molar-refractivity contribution in [3.8, 4) is 0 Å². The topological polar surface area (TPSA) is 28.2 Å². The lowest BCUT2D eigenvalue weighted by Crippen LogP contribution is -2.52. The average Bonchev–Trinajstić information content (AvgIpc) is 2.52. The fourth-order valence-electron chi connectivity index (χ4n) is 3.62. The molecule has 0 saturated carbocycles. The molecule has 1 unspecified atom stereocenters. The van der Waals surface area contributed by atoms with Crippen molar-refractivity contribution in [3.63, 3.8) is 0 Å². The third-order valence-electron chi connectivity index (χ3n) is 4.92. The quantitative estimate of drug-likeness (QED) is 0.878. The highest BCUT2D eigenvalue weighted by Crippen LogP contribution is 2.37. The summed E-state index contributed by atoms with van der Waals surface area (Å²) in [7, 11) is 6.40. The summed E-state index contributed by atoms with van der Waals surface area (Å²) >= 11 is 0. The molecule has 0 bridgehead atoms. The number of hydrogen-bond acceptors (Lipinski definition) is 3. The van der Waals surface area contributed by atoms with Crippen LogP contribution in [0.4, 0.5) is 0 Å². The van der Waals surface area contributed by atoms with Gasteiger partial charge in [0.1, 0.15) is 0 Å². The molecule has 2 aromatic rings. The van der Waals surface area contributed by atoms with E-state index in [1.807, 2.05) is 12.3 Å². The fraction of sp³-hybridized carbons (Fsp3) is 0.500. The van der Waals surface area contributed by atoms with Crippen LogP contribution in [0.1, 0.15) is 38.3 Å². The van der Waals surface area contributed by atoms with Gasteiger partial charge < -0.3 is 10.2 Å². The van der Waals surface area contributed by atoms with Crippen LogP contribution < -0.4 is 5.32 Å². The minimum atomic E-state index is 0.0839. The summed E-state index contributed by atoms with van der Waals surface area (Å²) in [6, 6.07) is 10.9. The number of benzene rings is 1. The molecule has 0 radical (unpaired) electrons. The summed E-state index contributed by atoms with van der Waals surface area (Å²) in [4.78, 5) is 6.99. The van der Waals surface area contributed by atoms with Gasteiger partial charge in [0.25, 0.3) is 0 Å². The molecule has 0 saturated heterocycles. The Hall–Kier alpha value is -1.45. The number of pyridine rings is 1. The molecular weight excluding hydrogens is 258 g/mol. The van der Waals surface area contributed by atoms with Crippen LogP contribution in [-0.4, -0.2) is 36.6 Å². The third-order valence-corrected chi connectivity index (χ3v) is 4.92. The molecule has 21 heavy (non-hydrogen) atoms. The first-order valence-electron chi connectivity index (χ1n) is 7.79. The van der Waals surface area contributed by atoms with E-state index < -0.39 is 0 Å². The SMILES string of the molecule is CCC(CC)(C(NC)c1cccc2cccnc12)N(C)C. The zero-order valence-corrected chi connectivity index (χ0v) is 13.9. The maximum atomic E-state index is 4.63. The van der Waals surface area contributed by atoms with E-state index in [0.717, 1.165) is 18.4 Å². The van der Waals surface area contributed by atoms with Crippen LogP contribution in [0.2, 0.25) is 0 Å². The molecule has 0 amide bonds. The van der Waals surface area contributed by atoms with E-state index in [1.54, 1.807) is 0 Å². The smallest absolute Gasteiger partial charge is 0.0750 e. The first kappa shape index (κ1) is 15.9. The van der Waals surface area contributed by atoms with Gasteiger partial charge in [-0.2, -0.15) is 0 Å². The van der Waals surface area contributed by atoms with Crippen molar-refractivity contribution < 1.29 is 0 Å². The highest BCUT2D eigenvalue weighted by Gasteiger charge is 2.38. The number of nitrogens with one attached hydrogen (secondary N) is 1. The molecule has 0 aliphatic rings. The zero-order chi connectivity index (χ0) is 15.5. The van der Waals surface area contributed by atoms with Gasteiger partial charge in [0.2, 0.25) is 0 Å². The Morgan fingerprint density at radius 1 is 1.14 bits per heavy atom. The number of fused-ring (bicyclic) bond motifs is 1. The lowest BCUT2D eigenvalue weighted by atomic mass is 9.79. The Morgan fingerprint density at radius 3 is 2.38 bits per heavy atom. The lowest BCUT2D eigenvalue weighted by Gasteiger charge is -2.45. The van der Waals surface area contributed by atoms with Crippen LogP contribution in [0.25, 0.3) is 10.9 Å². The van der Waals surface area contributed by atoms with E-state index in [4.69, 9.17) is 0 Å². The van der Waals surface area contributed by atoms with Crippen LogP contribution in [0.5, 0.6) is 0 Å². The number of rotatable bonds is 6. The van der Waals surface area contributed by atoms with E-state index in [0.29, 0.717) is 0 Å². The summed E-state index contributed by atoms with van der Waals surface area (Å²) in [6.45, 7) is 4.54. The Bertz CT molecular complexity index is 583. The molecule has 3 nitrogen and oxygen atoms in total. The van der Waals surface area contributed by atoms with Gasteiger partial charge in [-0.3, -0.25) is 4.98 Å². The van der Waals surface area contributed by atoms with Crippen molar-refractivity contribution in [2.45, 2.75) is 38.3 Å². The number of aromatic nitrogens is 1. The molecule has 0 aliphatic carbocycles. The number of nitrogens with zero attached hydrogens (tertiary/aromatic N) is 2. The number of para-hydroxylation sites is 1. The van der Waals surface area contributed by atoms with Gasteiger partial charge in [-0.1, -0.05) is 38.1 Å². The number of likely N-dealkylation sites (N-methyl/N-ethyl adjacent to an activating group) is 2. The molecule has 2 rings (SSSR count). The molecule has 1 heterocycles. The standard InChI is InChI=1S/C18H27N3/c1-6-18(7-2,21(4)5)17(19-3)15-12-8-10-14-11-9-13-20-16(14)15/h8-13,17,19H,6-7H2,1-5H3. The first-order chi connectivity index (χ1) is 10.1. The van der Waals surface area contributed by atoms with E-state index in [-0.39, 0.29) is 11.6 Å². The summed E-state index contributed by atoms with van der Waals surface area (Å²) in [5.74, 6) is 0. The monoisotopic (exact) mass is 285 g/mol. The molecular formula is C18H27N3. The molecule has 114 valence electrons. The Kier molecular flexibility index (Phi) is 4.96. The molecule has 1 aromatic heterocycles. The van der Waals surface area contributed by atoms with Gasteiger partial charge >= 0.3 is 0 Å². The van der Waals surface area contributed by atoms with Crippen molar-refractivity contribution in [1.82, 2.24) is 15.2 Å². The third kappa shape index (κ3) is 2.68. The van der Waals surface area contributed by atoms with Gasteiger partial charge in [0.15, 0.2) is 0 Å². The molecule has 1 atom stereocenters. The van der Waals surface area contributed by atoms with Crippen molar-refractivity contribution in [1.29, 1.82) is 0 Å². The summed E-state index contributed by atoms with van der Waals surface area (Å²) in [6.07, 6.45) is 4.06. The van der Waals surface area contributed by atoms with Crippen molar-refractivity contribution in [2.24, 2.45) is 0 Å². The minimum absolute atomic E-state index is 0.0839. The van der Waals surface area contributed by atoms with E-state index in [1.165, 1.54) is 10.9 Å². The van der Waals surface area contributed by atoms with E-state index in [9.17, 15) is 0 Å². The largest absolute Gasteiger partial charge is 0.311 e. The van der Waals surface area contributed by atoms with Crippen LogP contribution in [0.15, 0.2) is 36.5 Å². The van der Waals surface area contributed by atoms with Gasteiger partial charge in [0, 0.05) is 17.1 Å². The van der Waals surface area contributed by atoms with Crippen molar-refractivity contribution in [3.05, 3.63) is 42.1 Å². The van der Waals surface area contributed by atoms with Gasteiger partial charge in [-0.15, -0.1) is 0 Å². The van der Waals surface area contributed by atoms with Crippen LogP contribution in [0, 0.1) is 0 Å². The van der Waals surface area contributed by atoms with E-state index in [2.05, 4.69) is 74.5 Å². The summed E-state index contributed by atoms with van der Waals surface area (Å²) in [5.41, 5.74) is 2.47. The van der Waals surface area contributed by atoms with Crippen molar-refractivity contribution in [2.75, 3.05) is 21.1 Å². The van der Waals surface area contributed by atoms with Crippen LogP contribution >= 0.6 is 0 Å². The van der Waals surface area contributed by atoms with Crippen LogP contribution in [-0.2, 0) is 0 Å². The fourth-order valence-corrected chi connectivity index (χ4v) is 3.62. The van der Waals surface area contributed by atoms with Crippen LogP contribution in [0.3, 0.4) is 0 Å². The second-order valence-corrected chi connectivity index (χ2v) is 5.85. The van der Waals surface area contributed by atoms with E-state index >= 15 is 0 Å². The van der Waals surface area contributed by atoms with Gasteiger partial charge in [0.05, 0.1) is 11.6 Å². The van der Waals surface area contributed by atoms with Gasteiger partial charge in [-0.05, 0) is 45.6 Å². The van der Waals surface area contributed by atoms with Crippen molar-refractivity contribution >= 4 is 10.9 Å². The molecule has 3 heteroatoms. The van der Waals surface area contributed by atoms with Gasteiger partial charge in [-0.25, -0.2) is 0 Å². The maximum Gasteiger partial charge on any atom is 0.0750 e. The summed E-state index contributed by atoms with van der Waals surface area (Å²) < 4.78 is 0. The molecule has 0 fully saturated rings. The second-order valence-electron chi connectivity index (χ2n) is 5.85. The highest BCUT2D eigenvalue weighted by molar-refractivity contribution is 5.82. The predicted molar refractivity (Wildman–Crippen MR) is 90.5 cm³/mol. The Balaban J connectivity index is 2.63. The lowest BCUT2D eigenvalue weighted by molar-refractivity contribution is 0.0923. The molecule has 1 N–H and O–H groups in total. The molecule has 1 aromatic carbocycles. The average molecular weight is 285 g/mol. The first-order valence-corrected chi connectivity index (χ1v) is 7.79.